The third-order valence-electron chi connectivity index (χ3n) is 4.39. The highest BCUT2D eigenvalue weighted by molar-refractivity contribution is 5.39. The van der Waals surface area contributed by atoms with Crippen LogP contribution < -0.4 is 15.8 Å². The molecule has 2 atom stereocenters. The molecule has 1 aromatic rings. The SMILES string of the molecule is NC1CCCCC1NCCc1ccc2c(c1)CCO2. The molecule has 1 aliphatic carbocycles. The summed E-state index contributed by atoms with van der Waals surface area (Å²) in [5.41, 5.74) is 8.92. The highest BCUT2D eigenvalue weighted by atomic mass is 16.5. The van der Waals surface area contributed by atoms with Crippen LogP contribution in [-0.4, -0.2) is 25.2 Å². The zero-order chi connectivity index (χ0) is 13.1. The van der Waals surface area contributed by atoms with Crippen LogP contribution in [0, 0.1) is 0 Å². The molecule has 1 fully saturated rings. The van der Waals surface area contributed by atoms with Crippen LogP contribution in [0.15, 0.2) is 18.2 Å². The predicted molar refractivity (Wildman–Crippen MR) is 77.6 cm³/mol. The molecule has 3 N–H and O–H groups in total. The van der Waals surface area contributed by atoms with E-state index in [2.05, 4.69) is 23.5 Å². The quantitative estimate of drug-likeness (QED) is 0.870. The van der Waals surface area contributed by atoms with E-state index in [4.69, 9.17) is 10.5 Å². The van der Waals surface area contributed by atoms with Crippen molar-refractivity contribution in [2.24, 2.45) is 5.73 Å². The van der Waals surface area contributed by atoms with Gasteiger partial charge in [0.25, 0.3) is 0 Å². The number of hydrogen-bond acceptors (Lipinski definition) is 3. The molecular weight excluding hydrogens is 236 g/mol. The number of rotatable bonds is 4. The molecule has 0 aromatic heterocycles. The van der Waals surface area contributed by atoms with Crippen molar-refractivity contribution in [2.45, 2.75) is 50.6 Å². The summed E-state index contributed by atoms with van der Waals surface area (Å²) in [6.45, 7) is 1.87. The van der Waals surface area contributed by atoms with Crippen LogP contribution in [0.25, 0.3) is 0 Å². The lowest BCUT2D eigenvalue weighted by Gasteiger charge is -2.29. The Balaban J connectivity index is 1.49. The molecule has 3 rings (SSSR count). The average Bonchev–Trinajstić information content (AvgIpc) is 2.88. The van der Waals surface area contributed by atoms with Gasteiger partial charge >= 0.3 is 0 Å². The van der Waals surface area contributed by atoms with E-state index < -0.39 is 0 Å². The summed E-state index contributed by atoms with van der Waals surface area (Å²) < 4.78 is 5.53. The maximum absolute atomic E-state index is 6.15. The summed E-state index contributed by atoms with van der Waals surface area (Å²) in [6, 6.07) is 7.47. The van der Waals surface area contributed by atoms with Gasteiger partial charge in [0.15, 0.2) is 0 Å². The summed E-state index contributed by atoms with van der Waals surface area (Å²) in [7, 11) is 0. The van der Waals surface area contributed by atoms with E-state index in [0.717, 1.165) is 31.7 Å². The van der Waals surface area contributed by atoms with Crippen molar-refractivity contribution in [3.63, 3.8) is 0 Å². The second kappa shape index (κ2) is 5.93. The van der Waals surface area contributed by atoms with Gasteiger partial charge in [0.05, 0.1) is 6.61 Å². The number of fused-ring (bicyclic) bond motifs is 1. The second-order valence-electron chi connectivity index (χ2n) is 5.80. The Hall–Kier alpha value is -1.06. The van der Waals surface area contributed by atoms with Crippen molar-refractivity contribution in [2.75, 3.05) is 13.2 Å². The predicted octanol–water partition coefficient (Wildman–Crippen LogP) is 2.02. The second-order valence-corrected chi connectivity index (χ2v) is 5.80. The number of nitrogens with two attached hydrogens (primary N) is 1. The molecule has 104 valence electrons. The van der Waals surface area contributed by atoms with Gasteiger partial charge in [-0.05, 0) is 43.0 Å². The number of hydrogen-bond donors (Lipinski definition) is 2. The highest BCUT2D eigenvalue weighted by Gasteiger charge is 2.20. The highest BCUT2D eigenvalue weighted by Crippen LogP contribution is 2.26. The molecule has 2 aliphatic rings. The summed E-state index contributed by atoms with van der Waals surface area (Å²) in [6.07, 6.45) is 7.17. The fourth-order valence-electron chi connectivity index (χ4n) is 3.21. The minimum absolute atomic E-state index is 0.349. The summed E-state index contributed by atoms with van der Waals surface area (Å²) >= 11 is 0. The Morgan fingerprint density at radius 1 is 1.26 bits per heavy atom. The van der Waals surface area contributed by atoms with Gasteiger partial charge in [0.2, 0.25) is 0 Å². The Labute approximate surface area is 115 Å². The molecule has 1 aromatic carbocycles. The zero-order valence-electron chi connectivity index (χ0n) is 11.5. The molecule has 3 heteroatoms. The van der Waals surface area contributed by atoms with Crippen LogP contribution >= 0.6 is 0 Å². The van der Waals surface area contributed by atoms with Crippen molar-refractivity contribution in [1.82, 2.24) is 5.32 Å². The summed E-state index contributed by atoms with van der Waals surface area (Å²) in [5, 5.41) is 3.63. The Morgan fingerprint density at radius 3 is 3.05 bits per heavy atom. The van der Waals surface area contributed by atoms with E-state index in [1.165, 1.54) is 36.8 Å². The first-order chi connectivity index (χ1) is 9.33. The fourth-order valence-corrected chi connectivity index (χ4v) is 3.21. The van der Waals surface area contributed by atoms with Gasteiger partial charge in [0.1, 0.15) is 5.75 Å². The van der Waals surface area contributed by atoms with E-state index in [0.29, 0.717) is 12.1 Å². The lowest BCUT2D eigenvalue weighted by molar-refractivity contribution is 0.329. The first-order valence-corrected chi connectivity index (χ1v) is 7.56. The van der Waals surface area contributed by atoms with Crippen molar-refractivity contribution in [3.05, 3.63) is 29.3 Å². The zero-order valence-corrected chi connectivity index (χ0v) is 11.5. The first kappa shape index (κ1) is 12.9. The molecule has 1 aliphatic heterocycles. The lowest BCUT2D eigenvalue weighted by Crippen LogP contribution is -2.47. The van der Waals surface area contributed by atoms with Crippen LogP contribution in [0.5, 0.6) is 5.75 Å². The standard InChI is InChI=1S/C16H24N2O/c17-14-3-1-2-4-15(14)18-9-7-12-5-6-16-13(11-12)8-10-19-16/h5-6,11,14-15,18H,1-4,7-10,17H2. The van der Waals surface area contributed by atoms with Crippen LogP contribution in [0.1, 0.15) is 36.8 Å². The molecular formula is C16H24N2O. The van der Waals surface area contributed by atoms with Crippen LogP contribution in [0.4, 0.5) is 0 Å². The molecule has 3 nitrogen and oxygen atoms in total. The van der Waals surface area contributed by atoms with E-state index in [9.17, 15) is 0 Å². The third kappa shape index (κ3) is 3.10. The molecule has 0 saturated heterocycles. The first-order valence-electron chi connectivity index (χ1n) is 7.56. The molecule has 1 saturated carbocycles. The van der Waals surface area contributed by atoms with E-state index in [-0.39, 0.29) is 0 Å². The minimum Gasteiger partial charge on any atom is -0.493 e. The normalized spacial score (nSPS) is 25.9. The smallest absolute Gasteiger partial charge is 0.122 e. The van der Waals surface area contributed by atoms with Gasteiger partial charge in [-0.3, -0.25) is 0 Å². The van der Waals surface area contributed by atoms with Gasteiger partial charge in [-0.2, -0.15) is 0 Å². The number of benzene rings is 1. The monoisotopic (exact) mass is 260 g/mol. The van der Waals surface area contributed by atoms with Crippen molar-refractivity contribution >= 4 is 0 Å². The van der Waals surface area contributed by atoms with Gasteiger partial charge in [-0.25, -0.2) is 0 Å². The topological polar surface area (TPSA) is 47.3 Å². The van der Waals surface area contributed by atoms with Gasteiger partial charge in [-0.1, -0.05) is 25.0 Å². The largest absolute Gasteiger partial charge is 0.493 e. The van der Waals surface area contributed by atoms with Crippen LogP contribution in [0.2, 0.25) is 0 Å². The molecule has 0 amide bonds. The lowest BCUT2D eigenvalue weighted by atomic mass is 9.91. The summed E-state index contributed by atoms with van der Waals surface area (Å²) in [4.78, 5) is 0. The Morgan fingerprint density at radius 2 is 2.16 bits per heavy atom. The van der Waals surface area contributed by atoms with Gasteiger partial charge in [-0.15, -0.1) is 0 Å². The Bertz CT molecular complexity index is 433. The van der Waals surface area contributed by atoms with Crippen molar-refractivity contribution in [3.8, 4) is 5.75 Å². The number of nitrogens with one attached hydrogen (secondary N) is 1. The van der Waals surface area contributed by atoms with E-state index in [1.54, 1.807) is 0 Å². The fraction of sp³-hybridized carbons (Fsp3) is 0.625. The molecule has 19 heavy (non-hydrogen) atoms. The van der Waals surface area contributed by atoms with Crippen LogP contribution in [0.3, 0.4) is 0 Å². The van der Waals surface area contributed by atoms with Gasteiger partial charge in [0, 0.05) is 18.5 Å². The summed E-state index contributed by atoms with van der Waals surface area (Å²) in [5.74, 6) is 1.08. The molecule has 0 spiro atoms. The molecule has 2 unspecified atom stereocenters. The molecule has 1 heterocycles. The van der Waals surface area contributed by atoms with Crippen molar-refractivity contribution in [1.29, 1.82) is 0 Å². The molecule has 0 bridgehead atoms. The van der Waals surface area contributed by atoms with E-state index >= 15 is 0 Å². The number of ether oxygens (including phenoxy) is 1. The third-order valence-corrected chi connectivity index (χ3v) is 4.39. The average molecular weight is 260 g/mol. The maximum Gasteiger partial charge on any atom is 0.122 e. The van der Waals surface area contributed by atoms with Crippen molar-refractivity contribution < 1.29 is 4.74 Å². The van der Waals surface area contributed by atoms with Gasteiger partial charge < -0.3 is 15.8 Å². The minimum atomic E-state index is 0.349. The maximum atomic E-state index is 6.15. The molecule has 0 radical (unpaired) electrons. The Kier molecular flexibility index (Phi) is 4.04. The van der Waals surface area contributed by atoms with Crippen LogP contribution in [-0.2, 0) is 12.8 Å². The van der Waals surface area contributed by atoms with E-state index in [1.807, 2.05) is 0 Å².